The molecule has 2 unspecified atom stereocenters. The number of carbonyl (C=O) groups excluding carboxylic acids is 4. The number of pyridine rings is 2. The number of ether oxygens (including phenoxy) is 4. The number of sulfone groups is 3. The molecule has 0 radical (unpaired) electrons. The van der Waals surface area contributed by atoms with E-state index in [4.69, 9.17) is 48.9 Å². The summed E-state index contributed by atoms with van der Waals surface area (Å²) in [6.45, 7) is 44.0. The molecule has 5 fully saturated rings. The van der Waals surface area contributed by atoms with Gasteiger partial charge in [-0.25, -0.2) is 56.0 Å². The number of aromatic nitrogens is 2. The Morgan fingerprint density at radius 1 is 0.719 bits per heavy atom. The molecule has 2 atom stereocenters. The smallest absolute Gasteiger partial charge is 0.927 e. The predicted molar refractivity (Wildman–Crippen MR) is 454 cm³/mol. The Hall–Kier alpha value is -1.64. The fourth-order valence-electron chi connectivity index (χ4n) is 8.56. The van der Waals surface area contributed by atoms with Crippen LogP contribution in [0.25, 0.3) is 9.69 Å². The third kappa shape index (κ3) is 73.1. The van der Waals surface area contributed by atoms with Gasteiger partial charge in [0.1, 0.15) is 21.9 Å². The molecule has 0 bridgehead atoms. The molecule has 2 aromatic rings. The van der Waals surface area contributed by atoms with E-state index in [-0.39, 0.29) is 234 Å². The summed E-state index contributed by atoms with van der Waals surface area (Å²) < 4.78 is 87.1. The zero-order valence-electron chi connectivity index (χ0n) is 68.2. The van der Waals surface area contributed by atoms with Crippen LogP contribution in [0.1, 0.15) is 99.4 Å². The number of carbonyl (C=O) groups is 5. The average Bonchev–Trinajstić information content (AvgIpc) is 1.69. The van der Waals surface area contributed by atoms with Gasteiger partial charge >= 0.3 is 141 Å². The number of amides is 2. The standard InChI is InChI=1S/C13H24N2O4S.C9H18N2O2.C8H16N2O2S.C7H10N2.C6H6BrN.C6H7NO2S2.C6H5NO2S.C5H7NO2.C4H6O2S.C2H6O.CH4O.CH4.2ClH.K.H4N2.2Na.H2O.H2S/c1-13(2,3)19-12(16)15-7-5-14(6-8-15)11-4-9-20(17,18)10-11;1-9(2,3)13-8(12)11-6-4-10-5-7-11;11-13(12)6-1-8(7-13)10-4-2-9-3-5-10;1-6-2-3-7(4-8)9-5-6;1-5-2-3-6(7)8-4-5;1-10-6(11-2)4(3-7)5(8)9;1-3-9-6(8)5(4-10)7-2;1-3-8-5(7)4-6-2;5-7(6)3-1-2-4-7;1-2-3;1-2;;;;;1-2;;;;/h11H,4-10H2,1-3H3;10H,4-7H2,1-3H3;8-9H,1-7H2;2-3,5H,4,8H2,1H3;2-4H,1H3;1-2H3,(H,8,9);3H2,1H3;3-4H2,1H3;1-2H,3-4H2;3H,2H2,1H3;2H,1H3;1H4;2*1H;;1-2H2;;;2*1H2/q;;;;;;-2;;;;;;;;+1;;2*+1;;/p-2. The molecule has 8 rings (SSSR count). The summed E-state index contributed by atoms with van der Waals surface area (Å²) in [5.74, 6) is 7.51. The molecule has 6 aliphatic rings. The number of hydrazine groups is 1. The van der Waals surface area contributed by atoms with Crippen molar-refractivity contribution in [2.75, 3.05) is 159 Å². The van der Waals surface area contributed by atoms with Crippen LogP contribution < -0.4 is 139 Å². The van der Waals surface area contributed by atoms with Gasteiger partial charge in [-0.1, -0.05) is 31.7 Å². The molecule has 5 saturated heterocycles. The van der Waals surface area contributed by atoms with E-state index in [9.17, 15) is 49.2 Å². The first-order chi connectivity index (χ1) is 49.8. The molecular formula is C68H121BrCl2KN14Na2O19S7-. The van der Waals surface area contributed by atoms with Crippen LogP contribution in [0, 0.1) is 43.7 Å². The van der Waals surface area contributed by atoms with E-state index >= 15 is 0 Å². The van der Waals surface area contributed by atoms with Gasteiger partial charge in [0, 0.05) is 123 Å². The number of esters is 2. The second kappa shape index (κ2) is 81.0. The Morgan fingerprint density at radius 2 is 1.11 bits per heavy atom. The molecule has 0 aromatic carbocycles. The molecule has 0 spiro atoms. The van der Waals surface area contributed by atoms with Crippen LogP contribution >= 0.6 is 64.3 Å². The number of hydrogen-bond donors (Lipinski definition) is 8. The monoisotopic (exact) mass is 1900 g/mol. The van der Waals surface area contributed by atoms with Crippen LogP contribution in [0.2, 0.25) is 0 Å². The van der Waals surface area contributed by atoms with Gasteiger partial charge < -0.3 is 107 Å². The summed E-state index contributed by atoms with van der Waals surface area (Å²) in [5.41, 5.74) is 7.34. The fourth-order valence-corrected chi connectivity index (χ4v) is 14.8. The van der Waals surface area contributed by atoms with E-state index in [1.165, 1.54) is 34.7 Å². The fraction of sp³-hybridized carbons (Fsp3) is 0.647. The van der Waals surface area contributed by atoms with Crippen molar-refractivity contribution in [2.45, 2.75) is 126 Å². The number of carboxylic acids is 1. The van der Waals surface area contributed by atoms with E-state index in [1.807, 2.05) is 97.5 Å². The van der Waals surface area contributed by atoms with Gasteiger partial charge in [0.25, 0.3) is 0 Å². The third-order valence-corrected chi connectivity index (χ3v) is 21.1. The Morgan fingerprint density at radius 3 is 1.37 bits per heavy atom. The minimum absolute atomic E-state index is 0. The second-order valence-electron chi connectivity index (χ2n) is 24.1. The molecule has 8 heterocycles. The van der Waals surface area contributed by atoms with Gasteiger partial charge in [0.05, 0.1) is 69.9 Å². The summed E-state index contributed by atoms with van der Waals surface area (Å²) in [6.07, 6.45) is 11.6. The van der Waals surface area contributed by atoms with Crippen LogP contribution in [-0.4, -0.2) is 288 Å². The number of piperazine rings is 3. The topological polar surface area (TPSA) is 489 Å². The van der Waals surface area contributed by atoms with Gasteiger partial charge in [-0.05, 0) is 141 Å². The summed E-state index contributed by atoms with van der Waals surface area (Å²) >= 11 is 10.0. The number of aliphatic hydroxyl groups is 2. The molecule has 114 heavy (non-hydrogen) atoms. The number of thiol groups is 1. The Bertz CT molecular complexity index is 3400. The van der Waals surface area contributed by atoms with Crippen LogP contribution in [-0.2, 0) is 95.5 Å². The average molecular weight is 1900 g/mol. The number of nitrogens with one attached hydrogen (secondary N) is 2. The van der Waals surface area contributed by atoms with E-state index in [0.29, 0.717) is 53.8 Å². The number of halogens is 3. The molecular weight excluding hydrogens is 1780 g/mol. The van der Waals surface area contributed by atoms with Gasteiger partial charge in [0.2, 0.25) is 0 Å². The summed E-state index contributed by atoms with van der Waals surface area (Å²) in [7, 11) is -7.21. The van der Waals surface area contributed by atoms with E-state index in [1.54, 1.807) is 61.3 Å². The van der Waals surface area contributed by atoms with E-state index in [0.717, 1.165) is 95.7 Å². The normalized spacial score (nSPS) is 16.4. The first kappa shape index (κ1) is 138. The number of rotatable bonds is 10. The van der Waals surface area contributed by atoms with Crippen molar-refractivity contribution >= 4 is 150 Å². The summed E-state index contributed by atoms with van der Waals surface area (Å²) in [5, 5.41) is 39.9. The molecule has 0 saturated carbocycles. The molecule has 33 nitrogen and oxygen atoms in total. The predicted octanol–water partition coefficient (Wildman–Crippen LogP) is -3.26. The largest absolute Gasteiger partial charge is 1.00 e. The molecule has 0 aliphatic carbocycles. The molecule has 644 valence electrons. The maximum atomic E-state index is 11.9. The Kier molecular flexibility index (Phi) is 98.3. The number of nitriles is 1. The van der Waals surface area contributed by atoms with Gasteiger partial charge in [-0.15, -0.1) is 48.3 Å². The summed E-state index contributed by atoms with van der Waals surface area (Å²) in [4.78, 5) is 76.2. The SMILES string of the molecule is C.CC(C)(C)OC(=O)N1CCN(C2CCS(=O)(=O)C2)CC1.CC(C)(C)OC(=O)N1CCNCC1.CCO.CO.CSC(SC)=C(C#N)C(=O)O.Cc1ccc(Br)nc1.Cc1ccc(CN)nc1.Cl.Cl.NN.O=S1(=O)CC=CC1.O=S1(=O)CCC(N2CCNCC2)C1.[C-]#[N+]C(=[C-][S-])C(=O)OCC.[C-]#[N+]CC(=O)OCC.[K+].[Na+].[Na+].[OH-].[SH-]. The van der Waals surface area contributed by atoms with Crippen LogP contribution in [0.3, 0.4) is 0 Å². The van der Waals surface area contributed by atoms with Crippen molar-refractivity contribution in [1.29, 1.82) is 5.26 Å². The molecule has 46 heteroatoms. The first-order valence-corrected chi connectivity index (χ1v) is 42.4. The van der Waals surface area contributed by atoms with Crippen molar-refractivity contribution in [2.24, 2.45) is 17.4 Å². The van der Waals surface area contributed by atoms with Crippen molar-refractivity contribution in [3.8, 4) is 6.07 Å². The van der Waals surface area contributed by atoms with Crippen molar-refractivity contribution in [3.63, 3.8) is 0 Å². The van der Waals surface area contributed by atoms with Crippen molar-refractivity contribution in [3.05, 3.63) is 114 Å². The number of aryl methyl sites for hydroxylation is 2. The maximum absolute atomic E-state index is 11.9. The maximum Gasteiger partial charge on any atom is 1.00 e. The number of hydrogen-bond acceptors (Lipinski definition) is 32. The molecule has 2 aromatic heterocycles. The quantitative estimate of drug-likeness (QED) is 0.00941. The third-order valence-electron chi connectivity index (χ3n) is 13.4. The van der Waals surface area contributed by atoms with Crippen LogP contribution in [0.5, 0.6) is 0 Å². The van der Waals surface area contributed by atoms with Crippen molar-refractivity contribution < 1.29 is 199 Å². The van der Waals surface area contributed by atoms with Crippen LogP contribution in [0.15, 0.2) is 68.9 Å². The number of nitrogens with two attached hydrogens (primary N) is 3. The van der Waals surface area contributed by atoms with E-state index < -0.39 is 53.0 Å². The number of aliphatic hydroxyl groups excluding tert-OH is 2. The number of thioether (sulfide) groups is 2. The number of aliphatic carboxylic acids is 1. The molecule has 12 N–H and O–H groups in total. The minimum Gasteiger partial charge on any atom is -0.927 e. The van der Waals surface area contributed by atoms with Gasteiger partial charge in [0.15, 0.2) is 41.1 Å². The van der Waals surface area contributed by atoms with Crippen molar-refractivity contribution in [1.82, 2.24) is 40.2 Å². The van der Waals surface area contributed by atoms with Gasteiger partial charge in [-0.2, -0.15) is 5.26 Å². The zero-order valence-corrected chi connectivity index (χ0v) is 84.3. The van der Waals surface area contributed by atoms with Crippen LogP contribution in [0.4, 0.5) is 9.59 Å². The number of nitrogens with zero attached hydrogens (tertiary/aromatic N) is 9. The minimum atomic E-state index is -2.85. The molecule has 2 amide bonds. The zero-order chi connectivity index (χ0) is 82.1. The Balaban J connectivity index is -0.000000102. The summed E-state index contributed by atoms with van der Waals surface area (Å²) in [6, 6.07) is 9.95. The van der Waals surface area contributed by atoms with E-state index in [2.05, 4.69) is 89.8 Å². The second-order valence-corrected chi connectivity index (χ2v) is 33.6. The van der Waals surface area contributed by atoms with Gasteiger partial charge in [-0.3, -0.25) is 31.3 Å². The molecule has 6 aliphatic heterocycles. The first-order valence-electron chi connectivity index (χ1n) is 33.2. The Labute approximate surface area is 807 Å². The number of carboxylic acid groups (broad SMARTS) is 1.